The van der Waals surface area contributed by atoms with E-state index in [1.165, 1.54) is 5.56 Å². The van der Waals surface area contributed by atoms with E-state index in [0.717, 1.165) is 12.8 Å². The maximum atomic E-state index is 5.76. The first-order chi connectivity index (χ1) is 8.54. The second-order valence-corrected chi connectivity index (χ2v) is 6.00. The Morgan fingerprint density at radius 1 is 1.00 bits per heavy atom. The molecule has 2 atom stereocenters. The third-order valence-corrected chi connectivity index (χ3v) is 3.65. The van der Waals surface area contributed by atoms with Crippen LogP contribution in [0.25, 0.3) is 0 Å². The molecule has 0 radical (unpaired) electrons. The molecule has 0 bridgehead atoms. The third-order valence-electron chi connectivity index (χ3n) is 3.65. The van der Waals surface area contributed by atoms with Crippen molar-refractivity contribution in [1.29, 1.82) is 0 Å². The van der Waals surface area contributed by atoms with Gasteiger partial charge in [0, 0.05) is 7.11 Å². The van der Waals surface area contributed by atoms with E-state index in [1.807, 2.05) is 7.11 Å². The zero-order valence-electron chi connectivity index (χ0n) is 12.5. The first-order valence-electron chi connectivity index (χ1n) is 7.11. The summed E-state index contributed by atoms with van der Waals surface area (Å²) in [6.07, 6.45) is 2.63. The molecule has 0 aliphatic heterocycles. The standard InChI is InChI=1S/C17H28O/c1-13(2)11-17(18-5)16(14(3)4)12-15-9-7-6-8-10-15/h6-10,13-14,16-17H,11-12H2,1-5H3/t16?,17-/m1/s1. The Morgan fingerprint density at radius 2 is 1.61 bits per heavy atom. The van der Waals surface area contributed by atoms with Gasteiger partial charge < -0.3 is 4.74 Å². The average Bonchev–Trinajstić information content (AvgIpc) is 2.34. The van der Waals surface area contributed by atoms with E-state index in [4.69, 9.17) is 4.74 Å². The minimum atomic E-state index is 0.366. The average molecular weight is 248 g/mol. The van der Waals surface area contributed by atoms with E-state index in [-0.39, 0.29) is 0 Å². The Bertz CT molecular complexity index is 316. The molecule has 0 aromatic heterocycles. The van der Waals surface area contributed by atoms with Gasteiger partial charge in [0.25, 0.3) is 0 Å². The molecule has 102 valence electrons. The topological polar surface area (TPSA) is 9.23 Å². The highest BCUT2D eigenvalue weighted by molar-refractivity contribution is 5.15. The molecule has 0 saturated carbocycles. The summed E-state index contributed by atoms with van der Waals surface area (Å²) in [7, 11) is 1.85. The quantitative estimate of drug-likeness (QED) is 0.687. The molecule has 1 unspecified atom stereocenters. The molecule has 1 aromatic rings. The molecule has 1 aromatic carbocycles. The Labute approximate surface area is 113 Å². The normalized spacial score (nSPS) is 15.1. The number of hydrogen-bond acceptors (Lipinski definition) is 1. The van der Waals surface area contributed by atoms with Gasteiger partial charge in [0.1, 0.15) is 0 Å². The Morgan fingerprint density at radius 3 is 2.06 bits per heavy atom. The zero-order valence-corrected chi connectivity index (χ0v) is 12.5. The third kappa shape index (κ3) is 4.81. The highest BCUT2D eigenvalue weighted by Crippen LogP contribution is 2.26. The second kappa shape index (κ2) is 7.58. The van der Waals surface area contributed by atoms with Crippen LogP contribution in [0, 0.1) is 17.8 Å². The van der Waals surface area contributed by atoms with Gasteiger partial charge >= 0.3 is 0 Å². The van der Waals surface area contributed by atoms with Crippen molar-refractivity contribution in [2.45, 2.75) is 46.6 Å². The number of rotatable bonds is 7. The van der Waals surface area contributed by atoms with Crippen LogP contribution in [-0.2, 0) is 11.2 Å². The number of hydrogen-bond donors (Lipinski definition) is 0. The first kappa shape index (κ1) is 15.2. The lowest BCUT2D eigenvalue weighted by atomic mass is 9.81. The fourth-order valence-corrected chi connectivity index (χ4v) is 2.59. The van der Waals surface area contributed by atoms with Gasteiger partial charge in [0.05, 0.1) is 6.10 Å². The highest BCUT2D eigenvalue weighted by atomic mass is 16.5. The van der Waals surface area contributed by atoms with Crippen molar-refractivity contribution in [2.24, 2.45) is 17.8 Å². The molecule has 0 N–H and O–H groups in total. The van der Waals surface area contributed by atoms with Crippen LogP contribution < -0.4 is 0 Å². The molecule has 0 spiro atoms. The fourth-order valence-electron chi connectivity index (χ4n) is 2.59. The van der Waals surface area contributed by atoms with Crippen LogP contribution in [0.2, 0.25) is 0 Å². The van der Waals surface area contributed by atoms with E-state index >= 15 is 0 Å². The highest BCUT2D eigenvalue weighted by Gasteiger charge is 2.25. The van der Waals surface area contributed by atoms with Crippen LogP contribution in [0.1, 0.15) is 39.7 Å². The molecule has 0 aliphatic rings. The first-order valence-corrected chi connectivity index (χ1v) is 7.11. The molecule has 0 fully saturated rings. The summed E-state index contributed by atoms with van der Waals surface area (Å²) in [6.45, 7) is 9.15. The van der Waals surface area contributed by atoms with E-state index in [9.17, 15) is 0 Å². The van der Waals surface area contributed by atoms with Gasteiger partial charge in [-0.1, -0.05) is 58.0 Å². The van der Waals surface area contributed by atoms with Gasteiger partial charge in [-0.05, 0) is 36.2 Å². The van der Waals surface area contributed by atoms with E-state index in [2.05, 4.69) is 58.0 Å². The van der Waals surface area contributed by atoms with Gasteiger partial charge in [-0.25, -0.2) is 0 Å². The van der Waals surface area contributed by atoms with Crippen molar-refractivity contribution in [3.05, 3.63) is 35.9 Å². The number of benzene rings is 1. The van der Waals surface area contributed by atoms with Crippen LogP contribution in [0.3, 0.4) is 0 Å². The molecule has 0 aliphatic carbocycles. The fraction of sp³-hybridized carbons (Fsp3) is 0.647. The number of ether oxygens (including phenoxy) is 1. The van der Waals surface area contributed by atoms with Gasteiger partial charge in [-0.15, -0.1) is 0 Å². The number of methoxy groups -OCH3 is 1. The minimum Gasteiger partial charge on any atom is -0.381 e. The zero-order chi connectivity index (χ0) is 13.5. The molecule has 1 nitrogen and oxygen atoms in total. The van der Waals surface area contributed by atoms with Crippen LogP contribution in [-0.4, -0.2) is 13.2 Å². The van der Waals surface area contributed by atoms with Gasteiger partial charge in [-0.2, -0.15) is 0 Å². The Balaban J connectivity index is 2.75. The maximum absolute atomic E-state index is 5.76. The van der Waals surface area contributed by atoms with Crippen LogP contribution in [0.15, 0.2) is 30.3 Å². The lowest BCUT2D eigenvalue weighted by Crippen LogP contribution is -2.30. The largest absolute Gasteiger partial charge is 0.381 e. The summed E-state index contributed by atoms with van der Waals surface area (Å²) in [6, 6.07) is 10.8. The van der Waals surface area contributed by atoms with E-state index in [1.54, 1.807) is 0 Å². The molecule has 1 heteroatoms. The molecule has 0 amide bonds. The van der Waals surface area contributed by atoms with Crippen LogP contribution in [0.5, 0.6) is 0 Å². The second-order valence-electron chi connectivity index (χ2n) is 6.00. The maximum Gasteiger partial charge on any atom is 0.0607 e. The summed E-state index contributed by atoms with van der Waals surface area (Å²) in [5.74, 6) is 1.93. The van der Waals surface area contributed by atoms with Gasteiger partial charge in [0.15, 0.2) is 0 Å². The molecule has 0 saturated heterocycles. The van der Waals surface area contributed by atoms with Crippen molar-refractivity contribution in [2.75, 3.05) is 7.11 Å². The SMILES string of the molecule is CO[C@H](CC(C)C)C(Cc1ccccc1)C(C)C. The molecule has 0 heterocycles. The van der Waals surface area contributed by atoms with Crippen molar-refractivity contribution in [1.82, 2.24) is 0 Å². The predicted molar refractivity (Wildman–Crippen MR) is 78.7 cm³/mol. The smallest absolute Gasteiger partial charge is 0.0607 e. The van der Waals surface area contributed by atoms with E-state index < -0.39 is 0 Å². The molecular formula is C17H28O. The van der Waals surface area contributed by atoms with Crippen molar-refractivity contribution < 1.29 is 4.74 Å². The van der Waals surface area contributed by atoms with Crippen LogP contribution in [0.4, 0.5) is 0 Å². The lowest BCUT2D eigenvalue weighted by Gasteiger charge is -2.30. The summed E-state index contributed by atoms with van der Waals surface area (Å²) < 4.78 is 5.76. The summed E-state index contributed by atoms with van der Waals surface area (Å²) >= 11 is 0. The minimum absolute atomic E-state index is 0.366. The van der Waals surface area contributed by atoms with Gasteiger partial charge in [0.2, 0.25) is 0 Å². The van der Waals surface area contributed by atoms with Crippen molar-refractivity contribution in [3.8, 4) is 0 Å². The summed E-state index contributed by atoms with van der Waals surface area (Å²) in [5.41, 5.74) is 1.42. The lowest BCUT2D eigenvalue weighted by molar-refractivity contribution is 0.0185. The van der Waals surface area contributed by atoms with E-state index in [0.29, 0.717) is 23.9 Å². The Kier molecular flexibility index (Phi) is 6.42. The molecule has 18 heavy (non-hydrogen) atoms. The molecular weight excluding hydrogens is 220 g/mol. The summed E-state index contributed by atoms with van der Waals surface area (Å²) in [4.78, 5) is 0. The Hall–Kier alpha value is -0.820. The van der Waals surface area contributed by atoms with Gasteiger partial charge in [-0.3, -0.25) is 0 Å². The predicted octanol–water partition coefficient (Wildman–Crippen LogP) is 4.56. The monoisotopic (exact) mass is 248 g/mol. The van der Waals surface area contributed by atoms with Crippen LogP contribution >= 0.6 is 0 Å². The van der Waals surface area contributed by atoms with Crippen molar-refractivity contribution >= 4 is 0 Å². The summed E-state index contributed by atoms with van der Waals surface area (Å²) in [5, 5.41) is 0. The van der Waals surface area contributed by atoms with Crippen molar-refractivity contribution in [3.63, 3.8) is 0 Å². The molecule has 1 rings (SSSR count).